The van der Waals surface area contributed by atoms with E-state index in [1.165, 1.54) is 24.3 Å². The number of benzene rings is 2. The number of anilines is 1. The van der Waals surface area contributed by atoms with Gasteiger partial charge in [0.25, 0.3) is 5.69 Å². The highest BCUT2D eigenvalue weighted by Crippen LogP contribution is 2.35. The molecule has 0 aromatic heterocycles. The predicted molar refractivity (Wildman–Crippen MR) is 82.6 cm³/mol. The molecule has 0 fully saturated rings. The molecule has 0 heterocycles. The van der Waals surface area contributed by atoms with Crippen molar-refractivity contribution in [3.8, 4) is 11.5 Å². The molecule has 0 saturated heterocycles. The van der Waals surface area contributed by atoms with Gasteiger partial charge < -0.3 is 15.5 Å². The number of halogens is 1. The van der Waals surface area contributed by atoms with Gasteiger partial charge in [0.05, 0.1) is 21.0 Å². The third kappa shape index (κ3) is 3.25. The number of nitrogens with zero attached hydrogens (tertiary/aromatic N) is 1. The van der Waals surface area contributed by atoms with Gasteiger partial charge in [0.2, 0.25) is 0 Å². The van der Waals surface area contributed by atoms with Crippen LogP contribution in [0.25, 0.3) is 0 Å². The van der Waals surface area contributed by atoms with Crippen molar-refractivity contribution in [3.63, 3.8) is 0 Å². The van der Waals surface area contributed by atoms with Crippen molar-refractivity contribution in [1.82, 2.24) is 0 Å². The summed E-state index contributed by atoms with van der Waals surface area (Å²) in [4.78, 5) is 10.4. The first-order valence-corrected chi connectivity index (χ1v) is 6.90. The lowest BCUT2D eigenvalue weighted by molar-refractivity contribution is -0.385. The molecule has 6 nitrogen and oxygen atoms in total. The first kappa shape index (κ1) is 15.1. The Hall–Kier alpha value is -2.28. The maximum atomic E-state index is 10.9. The monoisotopic (exact) mass is 352 g/mol. The second-order valence-corrected chi connectivity index (χ2v) is 5.35. The van der Waals surface area contributed by atoms with Crippen molar-refractivity contribution in [2.45, 2.75) is 13.0 Å². The molecule has 3 N–H and O–H groups in total. The van der Waals surface area contributed by atoms with Crippen LogP contribution in [0.5, 0.6) is 11.5 Å². The van der Waals surface area contributed by atoms with Crippen LogP contribution in [0.15, 0.2) is 40.9 Å². The number of rotatable bonds is 4. The molecule has 1 unspecified atom stereocenters. The molecule has 1 atom stereocenters. The number of nitrogens with one attached hydrogen (secondary N) is 1. The fraction of sp³-hybridized carbons (Fsp3) is 0.143. The van der Waals surface area contributed by atoms with E-state index < -0.39 is 11.0 Å². The van der Waals surface area contributed by atoms with Crippen LogP contribution in [0.2, 0.25) is 0 Å². The third-order valence-electron chi connectivity index (χ3n) is 3.02. The van der Waals surface area contributed by atoms with E-state index >= 15 is 0 Å². The maximum Gasteiger partial charge on any atom is 0.285 e. The summed E-state index contributed by atoms with van der Waals surface area (Å²) in [5, 5.41) is 33.5. The maximum absolute atomic E-state index is 10.9. The molecule has 110 valence electrons. The van der Waals surface area contributed by atoms with Crippen molar-refractivity contribution in [3.05, 3.63) is 56.5 Å². The van der Waals surface area contributed by atoms with Crippen LogP contribution >= 0.6 is 15.9 Å². The number of phenolic OH excluding ortho intramolecular Hbond substituents is 2. The molecule has 2 rings (SSSR count). The Bertz CT molecular complexity index is 670. The third-order valence-corrected chi connectivity index (χ3v) is 3.69. The Morgan fingerprint density at radius 1 is 1.24 bits per heavy atom. The summed E-state index contributed by atoms with van der Waals surface area (Å²) >= 11 is 3.12. The van der Waals surface area contributed by atoms with Crippen molar-refractivity contribution in [1.29, 1.82) is 0 Å². The van der Waals surface area contributed by atoms with E-state index in [-0.39, 0.29) is 17.2 Å². The SMILES string of the molecule is CC(Nc1ccc(Br)c([N+](=O)[O-])c1)c1c(O)cccc1O. The highest BCUT2D eigenvalue weighted by atomic mass is 79.9. The minimum Gasteiger partial charge on any atom is -0.507 e. The Balaban J connectivity index is 2.30. The van der Waals surface area contributed by atoms with E-state index in [1.54, 1.807) is 19.1 Å². The Labute approximate surface area is 129 Å². The first-order chi connectivity index (χ1) is 9.90. The molecule has 0 amide bonds. The van der Waals surface area contributed by atoms with Gasteiger partial charge in [0.1, 0.15) is 11.5 Å². The van der Waals surface area contributed by atoms with E-state index in [0.29, 0.717) is 15.7 Å². The molecule has 0 aliphatic rings. The molecule has 0 radical (unpaired) electrons. The molecule has 0 spiro atoms. The molecule has 21 heavy (non-hydrogen) atoms. The second kappa shape index (κ2) is 6.01. The Morgan fingerprint density at radius 2 is 1.86 bits per heavy atom. The molecule has 2 aromatic carbocycles. The normalized spacial score (nSPS) is 11.9. The highest BCUT2D eigenvalue weighted by Gasteiger charge is 2.17. The molecular weight excluding hydrogens is 340 g/mol. The summed E-state index contributed by atoms with van der Waals surface area (Å²) in [6, 6.07) is 8.67. The fourth-order valence-electron chi connectivity index (χ4n) is 2.05. The van der Waals surface area contributed by atoms with Gasteiger partial charge in [0, 0.05) is 11.8 Å². The van der Waals surface area contributed by atoms with E-state index in [2.05, 4.69) is 21.2 Å². The highest BCUT2D eigenvalue weighted by molar-refractivity contribution is 9.10. The fourth-order valence-corrected chi connectivity index (χ4v) is 2.44. The van der Waals surface area contributed by atoms with Gasteiger partial charge in [-0.15, -0.1) is 0 Å². The average Bonchev–Trinajstić information content (AvgIpc) is 2.40. The van der Waals surface area contributed by atoms with Gasteiger partial charge in [-0.05, 0) is 47.1 Å². The lowest BCUT2D eigenvalue weighted by atomic mass is 10.1. The van der Waals surface area contributed by atoms with Gasteiger partial charge >= 0.3 is 0 Å². The molecular formula is C14H13BrN2O4. The zero-order valence-electron chi connectivity index (χ0n) is 11.1. The van der Waals surface area contributed by atoms with Gasteiger partial charge in [-0.1, -0.05) is 6.07 Å². The van der Waals surface area contributed by atoms with E-state index in [0.717, 1.165) is 0 Å². The number of nitro benzene ring substituents is 1. The number of hydrogen-bond acceptors (Lipinski definition) is 5. The topological polar surface area (TPSA) is 95.6 Å². The van der Waals surface area contributed by atoms with E-state index in [1.807, 2.05) is 0 Å². The van der Waals surface area contributed by atoms with E-state index in [4.69, 9.17) is 0 Å². The molecule has 0 bridgehead atoms. The molecule has 0 saturated carbocycles. The lowest BCUT2D eigenvalue weighted by Gasteiger charge is -2.18. The van der Waals surface area contributed by atoms with Gasteiger partial charge in [-0.25, -0.2) is 0 Å². The van der Waals surface area contributed by atoms with Crippen molar-refractivity contribution in [2.24, 2.45) is 0 Å². The molecule has 0 aliphatic carbocycles. The summed E-state index contributed by atoms with van der Waals surface area (Å²) in [7, 11) is 0. The minimum absolute atomic E-state index is 0.0402. The Morgan fingerprint density at radius 3 is 2.43 bits per heavy atom. The van der Waals surface area contributed by atoms with Crippen molar-refractivity contribution >= 4 is 27.3 Å². The molecule has 7 heteroatoms. The largest absolute Gasteiger partial charge is 0.507 e. The first-order valence-electron chi connectivity index (χ1n) is 6.11. The van der Waals surface area contributed by atoms with Crippen LogP contribution in [-0.2, 0) is 0 Å². The average molecular weight is 353 g/mol. The second-order valence-electron chi connectivity index (χ2n) is 4.50. The van der Waals surface area contributed by atoms with E-state index in [9.17, 15) is 20.3 Å². The summed E-state index contributed by atoms with van der Waals surface area (Å²) in [6.45, 7) is 1.74. The lowest BCUT2D eigenvalue weighted by Crippen LogP contribution is -2.07. The smallest absolute Gasteiger partial charge is 0.285 e. The van der Waals surface area contributed by atoms with Crippen LogP contribution in [0.3, 0.4) is 0 Å². The van der Waals surface area contributed by atoms with Gasteiger partial charge in [-0.3, -0.25) is 10.1 Å². The van der Waals surface area contributed by atoms with Gasteiger partial charge in [-0.2, -0.15) is 0 Å². The summed E-state index contributed by atoms with van der Waals surface area (Å²) < 4.78 is 0.385. The molecule has 0 aliphatic heterocycles. The zero-order chi connectivity index (χ0) is 15.6. The zero-order valence-corrected chi connectivity index (χ0v) is 12.7. The summed E-state index contributed by atoms with van der Waals surface area (Å²) in [5.74, 6) is -0.0803. The number of hydrogen-bond donors (Lipinski definition) is 3. The number of nitro groups is 1. The molecule has 2 aromatic rings. The number of phenols is 2. The summed E-state index contributed by atoms with van der Waals surface area (Å²) in [5.41, 5.74) is 0.789. The Kier molecular flexibility index (Phi) is 4.32. The van der Waals surface area contributed by atoms with Gasteiger partial charge in [0.15, 0.2) is 0 Å². The summed E-state index contributed by atoms with van der Waals surface area (Å²) in [6.07, 6.45) is 0. The van der Waals surface area contributed by atoms with Crippen LogP contribution in [0.1, 0.15) is 18.5 Å². The van der Waals surface area contributed by atoms with Crippen molar-refractivity contribution in [2.75, 3.05) is 5.32 Å². The van der Waals surface area contributed by atoms with Crippen LogP contribution in [-0.4, -0.2) is 15.1 Å². The standard InChI is InChI=1S/C14H13BrN2O4/c1-8(14-12(18)3-2-4-13(14)19)16-9-5-6-10(15)11(7-9)17(20)21/h2-8,16,18-19H,1H3. The van der Waals surface area contributed by atoms with Crippen LogP contribution in [0.4, 0.5) is 11.4 Å². The predicted octanol–water partition coefficient (Wildman–Crippen LogP) is 3.94. The minimum atomic E-state index is -0.489. The van der Waals surface area contributed by atoms with Crippen LogP contribution in [0, 0.1) is 10.1 Å². The quantitative estimate of drug-likeness (QED) is 0.572. The number of aromatic hydroxyl groups is 2. The van der Waals surface area contributed by atoms with Crippen LogP contribution < -0.4 is 5.32 Å². The van der Waals surface area contributed by atoms with Crippen molar-refractivity contribution < 1.29 is 15.1 Å².